The summed E-state index contributed by atoms with van der Waals surface area (Å²) in [4.78, 5) is 11.5. The molecule has 118 valence electrons. The van der Waals surface area contributed by atoms with Crippen LogP contribution in [0.1, 0.15) is 26.3 Å². The van der Waals surface area contributed by atoms with Gasteiger partial charge in [-0.2, -0.15) is 0 Å². The Hall–Kier alpha value is -1.69. The van der Waals surface area contributed by atoms with Gasteiger partial charge in [0.2, 0.25) is 0 Å². The molecule has 0 fully saturated rings. The Morgan fingerprint density at radius 1 is 1.38 bits per heavy atom. The summed E-state index contributed by atoms with van der Waals surface area (Å²) < 4.78 is 31.7. The SMILES string of the molecule is CC(C)(C)OC(=O)NCC(CO)Cc1cccc(F)c1F. The minimum Gasteiger partial charge on any atom is -0.444 e. The highest BCUT2D eigenvalue weighted by molar-refractivity contribution is 5.67. The number of alkyl carbamates (subject to hydrolysis) is 1. The normalized spacial score (nSPS) is 12.9. The summed E-state index contributed by atoms with van der Waals surface area (Å²) in [6.07, 6.45) is -0.490. The van der Waals surface area contributed by atoms with Gasteiger partial charge in [0.1, 0.15) is 5.60 Å². The lowest BCUT2D eigenvalue weighted by Crippen LogP contribution is -2.36. The zero-order valence-electron chi connectivity index (χ0n) is 12.5. The molecule has 1 atom stereocenters. The fourth-order valence-electron chi connectivity index (χ4n) is 1.76. The maximum atomic E-state index is 13.6. The molecule has 1 aromatic carbocycles. The van der Waals surface area contributed by atoms with Crippen molar-refractivity contribution in [3.8, 4) is 0 Å². The molecule has 21 heavy (non-hydrogen) atoms. The first-order valence-corrected chi connectivity index (χ1v) is 6.73. The molecule has 0 aliphatic heterocycles. The van der Waals surface area contributed by atoms with Crippen LogP contribution in [0.25, 0.3) is 0 Å². The van der Waals surface area contributed by atoms with E-state index in [9.17, 15) is 18.7 Å². The maximum absolute atomic E-state index is 13.6. The van der Waals surface area contributed by atoms with Crippen LogP contribution in [-0.2, 0) is 11.2 Å². The Morgan fingerprint density at radius 3 is 2.62 bits per heavy atom. The average Bonchev–Trinajstić information content (AvgIpc) is 2.37. The van der Waals surface area contributed by atoms with E-state index in [-0.39, 0.29) is 25.1 Å². The number of aliphatic hydroxyl groups is 1. The quantitative estimate of drug-likeness (QED) is 0.879. The lowest BCUT2D eigenvalue weighted by atomic mass is 9.99. The van der Waals surface area contributed by atoms with E-state index in [1.807, 2.05) is 0 Å². The van der Waals surface area contributed by atoms with Gasteiger partial charge in [-0.1, -0.05) is 12.1 Å². The molecule has 0 aliphatic carbocycles. The highest BCUT2D eigenvalue weighted by Gasteiger charge is 2.18. The highest BCUT2D eigenvalue weighted by atomic mass is 19.2. The van der Waals surface area contributed by atoms with Crippen molar-refractivity contribution in [3.63, 3.8) is 0 Å². The van der Waals surface area contributed by atoms with Crippen LogP contribution in [0, 0.1) is 17.6 Å². The van der Waals surface area contributed by atoms with Gasteiger partial charge in [0.25, 0.3) is 0 Å². The van der Waals surface area contributed by atoms with Crippen LogP contribution in [0.5, 0.6) is 0 Å². The van der Waals surface area contributed by atoms with E-state index in [2.05, 4.69) is 5.32 Å². The second-order valence-electron chi connectivity index (χ2n) is 5.85. The second kappa shape index (κ2) is 7.36. The van der Waals surface area contributed by atoms with Gasteiger partial charge in [0, 0.05) is 19.1 Å². The molecule has 6 heteroatoms. The number of hydrogen-bond acceptors (Lipinski definition) is 3. The van der Waals surface area contributed by atoms with Crippen LogP contribution in [0.3, 0.4) is 0 Å². The molecule has 1 aromatic rings. The summed E-state index contributed by atoms with van der Waals surface area (Å²) in [5.41, 5.74) is -0.451. The van der Waals surface area contributed by atoms with Crippen molar-refractivity contribution in [2.24, 2.45) is 5.92 Å². The monoisotopic (exact) mass is 301 g/mol. The molecule has 0 saturated carbocycles. The Balaban J connectivity index is 2.56. The molecule has 0 bridgehead atoms. The van der Waals surface area contributed by atoms with Crippen molar-refractivity contribution in [2.75, 3.05) is 13.2 Å². The lowest BCUT2D eigenvalue weighted by molar-refractivity contribution is 0.0512. The topological polar surface area (TPSA) is 58.6 Å². The number of rotatable bonds is 5. The molecule has 1 rings (SSSR count). The summed E-state index contributed by atoms with van der Waals surface area (Å²) in [6, 6.07) is 3.89. The van der Waals surface area contributed by atoms with Gasteiger partial charge >= 0.3 is 6.09 Å². The summed E-state index contributed by atoms with van der Waals surface area (Å²) in [6.45, 7) is 5.06. The average molecular weight is 301 g/mol. The predicted octanol–water partition coefficient (Wildman–Crippen LogP) is 2.64. The van der Waals surface area contributed by atoms with E-state index in [1.54, 1.807) is 20.8 Å². The minimum atomic E-state index is -0.927. The Morgan fingerprint density at radius 2 is 2.05 bits per heavy atom. The zero-order valence-corrected chi connectivity index (χ0v) is 12.5. The van der Waals surface area contributed by atoms with Crippen molar-refractivity contribution in [2.45, 2.75) is 32.8 Å². The van der Waals surface area contributed by atoms with Crippen LogP contribution in [-0.4, -0.2) is 30.0 Å². The van der Waals surface area contributed by atoms with Gasteiger partial charge in [-0.15, -0.1) is 0 Å². The molecular weight excluding hydrogens is 280 g/mol. The number of hydrogen-bond donors (Lipinski definition) is 2. The number of halogens is 2. The van der Waals surface area contributed by atoms with Crippen molar-refractivity contribution < 1.29 is 23.4 Å². The van der Waals surface area contributed by atoms with Crippen molar-refractivity contribution in [1.82, 2.24) is 5.32 Å². The van der Waals surface area contributed by atoms with Gasteiger partial charge in [-0.25, -0.2) is 13.6 Å². The summed E-state index contributed by atoms with van der Waals surface area (Å²) in [5, 5.41) is 11.8. The van der Waals surface area contributed by atoms with Crippen LogP contribution < -0.4 is 5.32 Å². The lowest BCUT2D eigenvalue weighted by Gasteiger charge is -2.21. The standard InChI is InChI=1S/C15H21F2NO3/c1-15(2,3)21-14(20)18-8-10(9-19)7-11-5-4-6-12(16)13(11)17/h4-6,10,19H,7-9H2,1-3H3,(H,18,20). The molecule has 0 saturated heterocycles. The van der Waals surface area contributed by atoms with Gasteiger partial charge in [0.05, 0.1) is 0 Å². The van der Waals surface area contributed by atoms with E-state index in [4.69, 9.17) is 4.74 Å². The molecular formula is C15H21F2NO3. The van der Waals surface area contributed by atoms with Crippen molar-refractivity contribution >= 4 is 6.09 Å². The second-order valence-corrected chi connectivity index (χ2v) is 5.85. The third-order valence-electron chi connectivity index (χ3n) is 2.73. The molecule has 2 N–H and O–H groups in total. The van der Waals surface area contributed by atoms with E-state index in [1.165, 1.54) is 12.1 Å². The van der Waals surface area contributed by atoms with Crippen LogP contribution in [0.4, 0.5) is 13.6 Å². The molecule has 0 aromatic heterocycles. The summed E-state index contributed by atoms with van der Waals surface area (Å²) in [5.74, 6) is -2.27. The fraction of sp³-hybridized carbons (Fsp3) is 0.533. The van der Waals surface area contributed by atoms with E-state index in [0.717, 1.165) is 6.07 Å². The van der Waals surface area contributed by atoms with Gasteiger partial charge in [-0.05, 0) is 38.8 Å². The zero-order chi connectivity index (χ0) is 16.0. The highest BCUT2D eigenvalue weighted by Crippen LogP contribution is 2.15. The molecule has 0 radical (unpaired) electrons. The number of ether oxygens (including phenoxy) is 1. The smallest absolute Gasteiger partial charge is 0.407 e. The number of carbonyl (C=O) groups excluding carboxylic acids is 1. The van der Waals surface area contributed by atoms with E-state index in [0.29, 0.717) is 0 Å². The minimum absolute atomic E-state index is 0.112. The number of aliphatic hydroxyl groups excluding tert-OH is 1. The Kier molecular flexibility index (Phi) is 6.08. The van der Waals surface area contributed by atoms with Gasteiger partial charge < -0.3 is 15.2 Å². The van der Waals surface area contributed by atoms with Gasteiger partial charge in [0.15, 0.2) is 11.6 Å². The first-order chi connectivity index (χ1) is 9.73. The van der Waals surface area contributed by atoms with Crippen molar-refractivity contribution in [3.05, 3.63) is 35.4 Å². The van der Waals surface area contributed by atoms with Crippen LogP contribution in [0.2, 0.25) is 0 Å². The molecule has 1 unspecified atom stereocenters. The Labute approximate surface area is 123 Å². The predicted molar refractivity (Wildman–Crippen MR) is 74.9 cm³/mol. The molecule has 0 heterocycles. The third kappa shape index (κ3) is 6.08. The number of benzene rings is 1. The van der Waals surface area contributed by atoms with E-state index >= 15 is 0 Å². The molecule has 0 aliphatic rings. The summed E-state index contributed by atoms with van der Waals surface area (Å²) in [7, 11) is 0. The summed E-state index contributed by atoms with van der Waals surface area (Å²) >= 11 is 0. The molecule has 0 spiro atoms. The number of nitrogens with one attached hydrogen (secondary N) is 1. The van der Waals surface area contributed by atoms with Crippen LogP contribution >= 0.6 is 0 Å². The fourth-order valence-corrected chi connectivity index (χ4v) is 1.76. The van der Waals surface area contributed by atoms with Crippen LogP contribution in [0.15, 0.2) is 18.2 Å². The number of amides is 1. The van der Waals surface area contributed by atoms with E-state index < -0.39 is 29.2 Å². The Bertz CT molecular complexity index is 486. The molecule has 4 nitrogen and oxygen atoms in total. The first-order valence-electron chi connectivity index (χ1n) is 6.73. The largest absolute Gasteiger partial charge is 0.444 e. The van der Waals surface area contributed by atoms with Crippen molar-refractivity contribution in [1.29, 1.82) is 0 Å². The third-order valence-corrected chi connectivity index (χ3v) is 2.73. The molecule has 1 amide bonds. The maximum Gasteiger partial charge on any atom is 0.407 e. The number of carbonyl (C=O) groups is 1. The first kappa shape index (κ1) is 17.4. The van der Waals surface area contributed by atoms with Gasteiger partial charge in [-0.3, -0.25) is 0 Å².